The van der Waals surface area contributed by atoms with Crippen LogP contribution in [0.2, 0.25) is 0 Å². The fourth-order valence-electron chi connectivity index (χ4n) is 2.38. The van der Waals surface area contributed by atoms with Crippen molar-refractivity contribution in [1.29, 1.82) is 0 Å². The molecule has 2 N–H and O–H groups in total. The summed E-state index contributed by atoms with van der Waals surface area (Å²) in [6, 6.07) is 6.58. The number of hydrogen-bond donors (Lipinski definition) is 2. The fourth-order valence-corrected chi connectivity index (χ4v) is 2.38. The minimum absolute atomic E-state index is 0.0356. The molecule has 128 valence electrons. The van der Waals surface area contributed by atoms with Crippen molar-refractivity contribution < 1.29 is 19.1 Å². The van der Waals surface area contributed by atoms with Gasteiger partial charge in [0.05, 0.1) is 6.10 Å². The topological polar surface area (TPSA) is 84.5 Å². The molecule has 1 aromatic carbocycles. The Bertz CT molecular complexity index is 643. The molecule has 1 unspecified atom stereocenters. The molecule has 6 nitrogen and oxygen atoms in total. The number of ketones is 1. The lowest BCUT2D eigenvalue weighted by Gasteiger charge is -2.11. The lowest BCUT2D eigenvalue weighted by molar-refractivity contribution is -0.118. The molecule has 0 aromatic heterocycles. The van der Waals surface area contributed by atoms with E-state index in [0.29, 0.717) is 23.4 Å². The summed E-state index contributed by atoms with van der Waals surface area (Å²) in [6.07, 6.45) is 3.28. The number of ether oxygens (including phenoxy) is 1. The van der Waals surface area contributed by atoms with E-state index in [0.717, 1.165) is 19.4 Å². The van der Waals surface area contributed by atoms with E-state index in [2.05, 4.69) is 10.6 Å². The van der Waals surface area contributed by atoms with Gasteiger partial charge in [0.15, 0.2) is 5.78 Å². The minimum Gasteiger partial charge on any atom is -0.376 e. The van der Waals surface area contributed by atoms with E-state index in [9.17, 15) is 14.4 Å². The van der Waals surface area contributed by atoms with Crippen LogP contribution in [-0.4, -0.2) is 36.9 Å². The van der Waals surface area contributed by atoms with Crippen molar-refractivity contribution in [3.8, 4) is 0 Å². The predicted molar refractivity (Wildman–Crippen MR) is 90.8 cm³/mol. The third-order valence-electron chi connectivity index (χ3n) is 3.78. The maximum Gasteiger partial charge on any atom is 0.248 e. The Morgan fingerprint density at radius 2 is 1.92 bits per heavy atom. The second kappa shape index (κ2) is 8.40. The van der Waals surface area contributed by atoms with Gasteiger partial charge in [0.2, 0.25) is 11.8 Å². The Labute approximate surface area is 141 Å². The molecule has 0 spiro atoms. The quantitative estimate of drug-likeness (QED) is 0.618. The van der Waals surface area contributed by atoms with Crippen LogP contribution in [-0.2, 0) is 14.3 Å². The third kappa shape index (κ3) is 5.31. The van der Waals surface area contributed by atoms with Gasteiger partial charge < -0.3 is 15.4 Å². The lowest BCUT2D eigenvalue weighted by atomic mass is 10.1. The van der Waals surface area contributed by atoms with E-state index in [1.807, 2.05) is 0 Å². The first-order chi connectivity index (χ1) is 11.5. The van der Waals surface area contributed by atoms with E-state index < -0.39 is 5.91 Å². The van der Waals surface area contributed by atoms with Crippen molar-refractivity contribution >= 4 is 23.3 Å². The Hall–Kier alpha value is -2.47. The summed E-state index contributed by atoms with van der Waals surface area (Å²) in [5, 5.41) is 5.42. The van der Waals surface area contributed by atoms with E-state index >= 15 is 0 Å². The second-order valence-electron chi connectivity index (χ2n) is 5.80. The van der Waals surface area contributed by atoms with Gasteiger partial charge in [-0.15, -0.1) is 0 Å². The normalized spacial score (nSPS) is 17.4. The molecular formula is C18H22N2O4. The molecule has 0 saturated carbocycles. The zero-order valence-corrected chi connectivity index (χ0v) is 13.9. The summed E-state index contributed by atoms with van der Waals surface area (Å²) in [6.45, 7) is 4.26. The van der Waals surface area contributed by atoms with Crippen LogP contribution in [0, 0.1) is 0 Å². The van der Waals surface area contributed by atoms with Gasteiger partial charge in [-0.2, -0.15) is 0 Å². The van der Waals surface area contributed by atoms with Gasteiger partial charge in [-0.3, -0.25) is 14.4 Å². The van der Waals surface area contributed by atoms with Gasteiger partial charge in [-0.05, 0) is 51.0 Å². The number of Topliss-reactive ketones (excluding diaryl/α,β-unsaturated/α-hetero) is 1. The lowest BCUT2D eigenvalue weighted by Crippen LogP contribution is -2.32. The number of carbonyl (C=O) groups excluding carboxylic acids is 3. The number of rotatable bonds is 6. The summed E-state index contributed by atoms with van der Waals surface area (Å²) >= 11 is 0. The highest BCUT2D eigenvalue weighted by Gasteiger charge is 2.16. The number of amides is 2. The highest BCUT2D eigenvalue weighted by atomic mass is 16.5. The van der Waals surface area contributed by atoms with Crippen molar-refractivity contribution in [3.05, 3.63) is 41.5 Å². The van der Waals surface area contributed by atoms with E-state index in [1.165, 1.54) is 13.0 Å². The molecule has 1 atom stereocenters. The molecule has 0 radical (unpaired) electrons. The van der Waals surface area contributed by atoms with Crippen molar-refractivity contribution in [2.24, 2.45) is 0 Å². The maximum atomic E-state index is 12.0. The molecular weight excluding hydrogens is 308 g/mol. The summed E-state index contributed by atoms with van der Waals surface area (Å²) in [5.74, 6) is -0.713. The molecule has 0 bridgehead atoms. The Morgan fingerprint density at radius 3 is 2.50 bits per heavy atom. The predicted octanol–water partition coefficient (Wildman–Crippen LogP) is 2.07. The molecule has 6 heteroatoms. The summed E-state index contributed by atoms with van der Waals surface area (Å²) in [5.41, 5.74) is 1.47. The maximum absolute atomic E-state index is 12.0. The van der Waals surface area contributed by atoms with Crippen LogP contribution in [0.15, 0.2) is 35.9 Å². The van der Waals surface area contributed by atoms with E-state index in [1.54, 1.807) is 31.2 Å². The first-order valence-corrected chi connectivity index (χ1v) is 7.96. The number of nitrogens with one attached hydrogen (secondary N) is 2. The van der Waals surface area contributed by atoms with Crippen LogP contribution in [0.3, 0.4) is 0 Å². The summed E-state index contributed by atoms with van der Waals surface area (Å²) < 4.78 is 5.43. The molecule has 1 aliphatic rings. The molecule has 1 fully saturated rings. The fraction of sp³-hybridized carbons (Fsp3) is 0.389. The average molecular weight is 330 g/mol. The zero-order chi connectivity index (χ0) is 17.5. The van der Waals surface area contributed by atoms with E-state index in [4.69, 9.17) is 4.74 Å². The van der Waals surface area contributed by atoms with Gasteiger partial charge in [0.25, 0.3) is 0 Å². The second-order valence-corrected chi connectivity index (χ2v) is 5.80. The standard InChI is InChI=1S/C18H22N2O4/c1-12(18(23)19-11-16-4-3-9-24-16)10-17(22)20-15-7-5-14(6-8-15)13(2)21/h5-8,10,16H,3-4,9,11H2,1-2H3,(H,19,23)(H,20,22)/b12-10-. The van der Waals surface area contributed by atoms with Crippen molar-refractivity contribution in [2.75, 3.05) is 18.5 Å². The molecule has 1 aliphatic heterocycles. The van der Waals surface area contributed by atoms with Crippen LogP contribution >= 0.6 is 0 Å². The van der Waals surface area contributed by atoms with Gasteiger partial charge in [0, 0.05) is 36.1 Å². The smallest absolute Gasteiger partial charge is 0.248 e. The number of hydrogen-bond acceptors (Lipinski definition) is 4. The van der Waals surface area contributed by atoms with E-state index in [-0.39, 0.29) is 17.8 Å². The molecule has 1 saturated heterocycles. The SMILES string of the molecule is CC(=O)c1ccc(NC(=O)/C=C(/C)C(=O)NCC2CCCO2)cc1. The largest absolute Gasteiger partial charge is 0.376 e. The molecule has 0 aliphatic carbocycles. The monoisotopic (exact) mass is 330 g/mol. The first-order valence-electron chi connectivity index (χ1n) is 7.96. The van der Waals surface area contributed by atoms with Gasteiger partial charge in [-0.1, -0.05) is 0 Å². The third-order valence-corrected chi connectivity index (χ3v) is 3.78. The van der Waals surface area contributed by atoms with Crippen LogP contribution in [0.4, 0.5) is 5.69 Å². The highest BCUT2D eigenvalue weighted by Crippen LogP contribution is 2.11. The molecule has 1 heterocycles. The van der Waals surface area contributed by atoms with Crippen molar-refractivity contribution in [2.45, 2.75) is 32.8 Å². The Balaban J connectivity index is 1.85. The van der Waals surface area contributed by atoms with Gasteiger partial charge >= 0.3 is 0 Å². The van der Waals surface area contributed by atoms with Crippen LogP contribution in [0.1, 0.15) is 37.0 Å². The molecule has 24 heavy (non-hydrogen) atoms. The molecule has 2 amide bonds. The summed E-state index contributed by atoms with van der Waals surface area (Å²) in [7, 11) is 0. The van der Waals surface area contributed by atoms with Crippen LogP contribution in [0.25, 0.3) is 0 Å². The number of anilines is 1. The molecule has 1 aromatic rings. The minimum atomic E-state index is -0.393. The van der Waals surface area contributed by atoms with Gasteiger partial charge in [-0.25, -0.2) is 0 Å². The molecule has 2 rings (SSSR count). The number of benzene rings is 1. The number of carbonyl (C=O) groups is 3. The van der Waals surface area contributed by atoms with Gasteiger partial charge in [0.1, 0.15) is 0 Å². The van der Waals surface area contributed by atoms with Crippen molar-refractivity contribution in [1.82, 2.24) is 5.32 Å². The van der Waals surface area contributed by atoms with Crippen molar-refractivity contribution in [3.63, 3.8) is 0 Å². The van der Waals surface area contributed by atoms with Crippen LogP contribution in [0.5, 0.6) is 0 Å². The zero-order valence-electron chi connectivity index (χ0n) is 13.9. The highest BCUT2D eigenvalue weighted by molar-refractivity contribution is 6.06. The Morgan fingerprint density at radius 1 is 1.21 bits per heavy atom. The summed E-state index contributed by atoms with van der Waals surface area (Å²) in [4.78, 5) is 35.1. The first kappa shape index (κ1) is 17.9. The Kier molecular flexibility index (Phi) is 6.26. The average Bonchev–Trinajstić information content (AvgIpc) is 3.06. The van der Waals surface area contributed by atoms with Crippen LogP contribution < -0.4 is 10.6 Å².